The first-order chi connectivity index (χ1) is 14.8. The number of rotatable bonds is 6. The van der Waals surface area contributed by atoms with Crippen LogP contribution >= 0.6 is 0 Å². The van der Waals surface area contributed by atoms with Crippen molar-refractivity contribution in [1.29, 1.82) is 0 Å². The molecule has 2 aromatic carbocycles. The van der Waals surface area contributed by atoms with Gasteiger partial charge in [-0.3, -0.25) is 5.10 Å². The number of anilines is 1. The molecule has 9 heteroatoms. The van der Waals surface area contributed by atoms with Gasteiger partial charge in [0.2, 0.25) is 15.9 Å². The van der Waals surface area contributed by atoms with Gasteiger partial charge in [-0.2, -0.15) is 4.31 Å². The van der Waals surface area contributed by atoms with Gasteiger partial charge in [0.15, 0.2) is 0 Å². The van der Waals surface area contributed by atoms with Crippen molar-refractivity contribution in [2.24, 2.45) is 0 Å². The van der Waals surface area contributed by atoms with E-state index in [-0.39, 0.29) is 10.8 Å². The molecule has 8 nitrogen and oxygen atoms in total. The predicted molar refractivity (Wildman–Crippen MR) is 121 cm³/mol. The number of aromatic nitrogens is 3. The van der Waals surface area contributed by atoms with E-state index in [1.165, 1.54) is 4.31 Å². The molecular weight excluding hydrogens is 414 g/mol. The number of fused-ring (bicyclic) bond motifs is 1. The van der Waals surface area contributed by atoms with Crippen LogP contribution in [0.1, 0.15) is 13.8 Å². The highest BCUT2D eigenvalue weighted by molar-refractivity contribution is 7.89. The molecule has 0 radical (unpaired) electrons. The van der Waals surface area contributed by atoms with E-state index in [1.54, 1.807) is 36.5 Å². The molecule has 0 aliphatic carbocycles. The molecule has 0 bridgehead atoms. The van der Waals surface area contributed by atoms with Crippen LogP contribution in [0, 0.1) is 0 Å². The summed E-state index contributed by atoms with van der Waals surface area (Å²) in [5.74, 6) is 0.314. The van der Waals surface area contributed by atoms with E-state index in [2.05, 4.69) is 15.2 Å². The van der Waals surface area contributed by atoms with Gasteiger partial charge in [0.25, 0.3) is 0 Å². The van der Waals surface area contributed by atoms with Crippen molar-refractivity contribution in [1.82, 2.24) is 19.5 Å². The summed E-state index contributed by atoms with van der Waals surface area (Å²) < 4.78 is 26.8. The second-order valence-electron chi connectivity index (χ2n) is 7.08. The van der Waals surface area contributed by atoms with E-state index in [9.17, 15) is 13.5 Å². The third kappa shape index (κ3) is 3.73. The van der Waals surface area contributed by atoms with Crippen LogP contribution < -0.4 is 5.73 Å². The number of hydrogen-bond acceptors (Lipinski definition) is 6. The van der Waals surface area contributed by atoms with Crippen molar-refractivity contribution in [2.75, 3.05) is 18.8 Å². The third-order valence-electron chi connectivity index (χ3n) is 5.30. The van der Waals surface area contributed by atoms with Gasteiger partial charge in [0.05, 0.1) is 15.8 Å². The molecule has 0 aliphatic heterocycles. The maximum atomic E-state index is 12.7. The third-order valence-corrected chi connectivity index (χ3v) is 7.37. The lowest BCUT2D eigenvalue weighted by Crippen LogP contribution is -2.30. The van der Waals surface area contributed by atoms with Crippen molar-refractivity contribution in [2.45, 2.75) is 18.7 Å². The van der Waals surface area contributed by atoms with Crippen LogP contribution in [0.15, 0.2) is 59.6 Å². The number of nitrogens with zero attached hydrogens (tertiary/aromatic N) is 3. The molecule has 0 fully saturated rings. The van der Waals surface area contributed by atoms with E-state index in [0.717, 1.165) is 22.3 Å². The Morgan fingerprint density at radius 1 is 1.00 bits per heavy atom. The molecule has 0 spiro atoms. The van der Waals surface area contributed by atoms with Crippen LogP contribution in [0.25, 0.3) is 33.2 Å². The molecular formula is C22H23N5O3S. The Kier molecular flexibility index (Phi) is 5.38. The summed E-state index contributed by atoms with van der Waals surface area (Å²) in [6.07, 6.45) is 1.66. The van der Waals surface area contributed by atoms with E-state index < -0.39 is 10.0 Å². The molecule has 4 N–H and O–H groups in total. The Morgan fingerprint density at radius 2 is 1.68 bits per heavy atom. The normalized spacial score (nSPS) is 12.0. The van der Waals surface area contributed by atoms with Crippen molar-refractivity contribution < 1.29 is 13.5 Å². The summed E-state index contributed by atoms with van der Waals surface area (Å²) in [5.41, 5.74) is 10.00. The van der Waals surface area contributed by atoms with Crippen molar-refractivity contribution in [3.05, 3.63) is 54.7 Å². The van der Waals surface area contributed by atoms with Crippen LogP contribution in [0.2, 0.25) is 0 Å². The zero-order chi connectivity index (χ0) is 22.2. The highest BCUT2D eigenvalue weighted by Gasteiger charge is 2.21. The lowest BCUT2D eigenvalue weighted by atomic mass is 10.0. The topological polar surface area (TPSA) is 125 Å². The first-order valence-electron chi connectivity index (χ1n) is 9.88. The summed E-state index contributed by atoms with van der Waals surface area (Å²) >= 11 is 0. The summed E-state index contributed by atoms with van der Waals surface area (Å²) in [6, 6.07) is 14.1. The van der Waals surface area contributed by atoms with Crippen LogP contribution in [-0.4, -0.2) is 46.1 Å². The van der Waals surface area contributed by atoms with Gasteiger partial charge < -0.3 is 10.8 Å². The van der Waals surface area contributed by atoms with E-state index in [0.29, 0.717) is 29.8 Å². The molecule has 0 aliphatic rings. The molecule has 0 saturated carbocycles. The Labute approximate surface area is 180 Å². The van der Waals surface area contributed by atoms with Crippen LogP contribution in [0.5, 0.6) is 5.88 Å². The summed E-state index contributed by atoms with van der Waals surface area (Å²) in [4.78, 5) is 4.58. The molecule has 0 saturated heterocycles. The molecule has 0 amide bonds. The Morgan fingerprint density at radius 3 is 2.35 bits per heavy atom. The molecule has 4 rings (SSSR count). The minimum atomic E-state index is -3.51. The average molecular weight is 438 g/mol. The smallest absolute Gasteiger partial charge is 0.243 e. The fourth-order valence-electron chi connectivity index (χ4n) is 3.57. The first-order valence-corrected chi connectivity index (χ1v) is 11.3. The standard InChI is InChI=1S/C22H23N5O3S/c1-3-27(4-2)31(29,30)17-8-5-14(6-9-17)16-11-19(21(23)24-13-16)15-7-10-18-20(12-15)25-26-22(18)28/h5-13H,3-4H2,1-2H3,(H2,23,24)(H2,25,26,28). The number of benzene rings is 2. The molecule has 160 valence electrons. The predicted octanol–water partition coefficient (Wildman–Crippen LogP) is 3.61. The summed E-state index contributed by atoms with van der Waals surface area (Å²) in [7, 11) is -3.51. The quantitative estimate of drug-likeness (QED) is 0.423. The average Bonchev–Trinajstić information content (AvgIpc) is 3.15. The summed E-state index contributed by atoms with van der Waals surface area (Å²) in [6.45, 7) is 4.48. The van der Waals surface area contributed by atoms with Crippen molar-refractivity contribution in [3.8, 4) is 28.1 Å². The Hall–Kier alpha value is -3.43. The zero-order valence-corrected chi connectivity index (χ0v) is 18.0. The number of aromatic hydroxyl groups is 1. The Balaban J connectivity index is 1.71. The Bertz CT molecular complexity index is 1340. The van der Waals surface area contributed by atoms with Crippen LogP contribution in [-0.2, 0) is 10.0 Å². The van der Waals surface area contributed by atoms with Gasteiger partial charge in [-0.15, -0.1) is 5.10 Å². The molecule has 2 heterocycles. The van der Waals surface area contributed by atoms with E-state index in [1.807, 2.05) is 32.0 Å². The minimum Gasteiger partial charge on any atom is -0.492 e. The second-order valence-corrected chi connectivity index (χ2v) is 9.02. The SMILES string of the molecule is CCN(CC)S(=O)(=O)c1ccc(-c2cnc(N)c(-c3ccc4c(O)n[nH]c4c3)c2)cc1. The molecule has 0 unspecified atom stereocenters. The molecule has 0 atom stereocenters. The van der Waals surface area contributed by atoms with Gasteiger partial charge in [0, 0.05) is 30.4 Å². The molecule has 2 aromatic heterocycles. The van der Waals surface area contributed by atoms with Crippen molar-refractivity contribution >= 4 is 26.7 Å². The number of nitrogens with one attached hydrogen (secondary N) is 1. The largest absolute Gasteiger partial charge is 0.492 e. The fourth-order valence-corrected chi connectivity index (χ4v) is 5.03. The number of aromatic amines is 1. The maximum Gasteiger partial charge on any atom is 0.243 e. The molecule has 31 heavy (non-hydrogen) atoms. The number of nitrogens with two attached hydrogens (primary N) is 1. The van der Waals surface area contributed by atoms with Gasteiger partial charge in [0.1, 0.15) is 5.82 Å². The van der Waals surface area contributed by atoms with Gasteiger partial charge in [-0.1, -0.05) is 32.0 Å². The highest BCUT2D eigenvalue weighted by atomic mass is 32.2. The number of H-pyrrole nitrogens is 1. The number of hydrogen-bond donors (Lipinski definition) is 3. The van der Waals surface area contributed by atoms with Crippen LogP contribution in [0.4, 0.5) is 5.82 Å². The minimum absolute atomic E-state index is 0.0545. The number of pyridine rings is 1. The van der Waals surface area contributed by atoms with Gasteiger partial charge in [-0.05, 0) is 41.5 Å². The lowest BCUT2D eigenvalue weighted by molar-refractivity contribution is 0.445. The highest BCUT2D eigenvalue weighted by Crippen LogP contribution is 2.33. The lowest BCUT2D eigenvalue weighted by Gasteiger charge is -2.18. The summed E-state index contributed by atoms with van der Waals surface area (Å²) in [5, 5.41) is 16.9. The first kappa shape index (κ1) is 20.8. The maximum absolute atomic E-state index is 12.7. The van der Waals surface area contributed by atoms with E-state index >= 15 is 0 Å². The zero-order valence-electron chi connectivity index (χ0n) is 17.2. The number of sulfonamides is 1. The number of nitrogen functional groups attached to an aromatic ring is 1. The second kappa shape index (κ2) is 8.01. The molecule has 4 aromatic rings. The van der Waals surface area contributed by atoms with Crippen LogP contribution in [0.3, 0.4) is 0 Å². The van der Waals surface area contributed by atoms with Gasteiger partial charge >= 0.3 is 0 Å². The van der Waals surface area contributed by atoms with E-state index in [4.69, 9.17) is 5.73 Å². The van der Waals surface area contributed by atoms with Gasteiger partial charge in [-0.25, -0.2) is 13.4 Å². The fraction of sp³-hybridized carbons (Fsp3) is 0.182. The van der Waals surface area contributed by atoms with Crippen molar-refractivity contribution in [3.63, 3.8) is 0 Å². The monoisotopic (exact) mass is 437 g/mol.